The van der Waals surface area contributed by atoms with Gasteiger partial charge in [0.2, 0.25) is 0 Å². The van der Waals surface area contributed by atoms with Crippen LogP contribution in [-0.4, -0.2) is 41.3 Å². The van der Waals surface area contributed by atoms with Crippen molar-refractivity contribution >= 4 is 11.6 Å². The number of fused-ring (bicyclic) bond motifs is 1. The first-order valence-electron chi connectivity index (χ1n) is 9.26. The first kappa shape index (κ1) is 21.4. The molecule has 3 rings (SSSR count). The number of methoxy groups -OCH3 is 2. The first-order valence-corrected chi connectivity index (χ1v) is 9.26. The van der Waals surface area contributed by atoms with Crippen molar-refractivity contribution in [3.8, 4) is 22.8 Å². The number of carbonyl (C=O) groups excluding carboxylic acids is 1. The highest BCUT2D eigenvalue weighted by Crippen LogP contribution is 2.35. The third-order valence-electron chi connectivity index (χ3n) is 4.50. The summed E-state index contributed by atoms with van der Waals surface area (Å²) in [6, 6.07) is 5.55. The average Bonchev–Trinajstić information content (AvgIpc) is 3.15. The van der Waals surface area contributed by atoms with Crippen LogP contribution in [0.15, 0.2) is 30.5 Å². The number of aromatic nitrogens is 3. The summed E-state index contributed by atoms with van der Waals surface area (Å²) < 4.78 is 52.1. The summed E-state index contributed by atoms with van der Waals surface area (Å²) in [5.74, 6) is 0.249. The zero-order chi connectivity index (χ0) is 21.9. The third kappa shape index (κ3) is 4.17. The van der Waals surface area contributed by atoms with Crippen LogP contribution in [0.5, 0.6) is 11.5 Å². The molecule has 1 aromatic carbocycles. The lowest BCUT2D eigenvalue weighted by atomic mass is 10.1. The van der Waals surface area contributed by atoms with Crippen molar-refractivity contribution in [3.05, 3.63) is 41.7 Å². The number of halogens is 3. The van der Waals surface area contributed by atoms with Gasteiger partial charge in [-0.15, -0.1) is 0 Å². The summed E-state index contributed by atoms with van der Waals surface area (Å²) in [5.41, 5.74) is -0.842. The van der Waals surface area contributed by atoms with E-state index in [2.05, 4.69) is 15.4 Å². The monoisotopic (exact) mass is 422 g/mol. The Hall–Kier alpha value is -3.30. The number of hydrogen-bond donors (Lipinski definition) is 1. The molecular weight excluding hydrogens is 401 g/mol. The molecule has 30 heavy (non-hydrogen) atoms. The van der Waals surface area contributed by atoms with Gasteiger partial charge in [0.15, 0.2) is 22.8 Å². The summed E-state index contributed by atoms with van der Waals surface area (Å²) in [4.78, 5) is 16.8. The second-order valence-electron chi connectivity index (χ2n) is 6.50. The molecule has 10 heteroatoms. The molecule has 0 unspecified atom stereocenters. The van der Waals surface area contributed by atoms with E-state index in [1.165, 1.54) is 20.3 Å². The molecule has 2 aromatic heterocycles. The molecule has 0 fully saturated rings. The van der Waals surface area contributed by atoms with Gasteiger partial charge in [0.1, 0.15) is 5.56 Å². The van der Waals surface area contributed by atoms with E-state index in [0.717, 1.165) is 25.1 Å². The van der Waals surface area contributed by atoms with Crippen LogP contribution in [0.2, 0.25) is 0 Å². The van der Waals surface area contributed by atoms with Crippen molar-refractivity contribution in [1.29, 1.82) is 0 Å². The number of carbonyl (C=O) groups is 1. The Bertz CT molecular complexity index is 1060. The van der Waals surface area contributed by atoms with Crippen LogP contribution in [0.25, 0.3) is 16.9 Å². The van der Waals surface area contributed by atoms with Crippen molar-refractivity contribution in [2.24, 2.45) is 0 Å². The van der Waals surface area contributed by atoms with Crippen LogP contribution in [0.3, 0.4) is 0 Å². The Labute approximate surface area is 170 Å². The summed E-state index contributed by atoms with van der Waals surface area (Å²) in [6.07, 6.45) is -1.98. The van der Waals surface area contributed by atoms with Gasteiger partial charge in [-0.1, -0.05) is 13.3 Å². The number of alkyl halides is 3. The molecule has 0 saturated heterocycles. The topological polar surface area (TPSA) is 77.8 Å². The van der Waals surface area contributed by atoms with Gasteiger partial charge in [-0.3, -0.25) is 4.79 Å². The van der Waals surface area contributed by atoms with E-state index in [1.807, 2.05) is 6.92 Å². The van der Waals surface area contributed by atoms with E-state index in [9.17, 15) is 18.0 Å². The SMILES string of the molecule is CCCCNC(=O)c1cnn2c(C(F)(F)F)cc(-c3ccc(OC)c(OC)c3)nc12. The summed E-state index contributed by atoms with van der Waals surface area (Å²) in [7, 11) is 2.88. The van der Waals surface area contributed by atoms with Gasteiger partial charge in [0.05, 0.1) is 26.1 Å². The van der Waals surface area contributed by atoms with Crippen molar-refractivity contribution in [2.45, 2.75) is 25.9 Å². The van der Waals surface area contributed by atoms with Gasteiger partial charge >= 0.3 is 6.18 Å². The predicted molar refractivity (Wildman–Crippen MR) is 104 cm³/mol. The molecule has 160 valence electrons. The summed E-state index contributed by atoms with van der Waals surface area (Å²) in [5, 5.41) is 6.44. The molecule has 0 aliphatic heterocycles. The first-order chi connectivity index (χ1) is 14.3. The fourth-order valence-corrected chi connectivity index (χ4v) is 2.94. The maximum atomic E-state index is 13.7. The Morgan fingerprint density at radius 3 is 2.53 bits per heavy atom. The quantitative estimate of drug-likeness (QED) is 0.583. The fraction of sp³-hybridized carbons (Fsp3) is 0.350. The largest absolute Gasteiger partial charge is 0.493 e. The molecule has 1 N–H and O–H groups in total. The van der Waals surface area contributed by atoms with Crippen LogP contribution in [0.1, 0.15) is 35.8 Å². The number of rotatable bonds is 7. The highest BCUT2D eigenvalue weighted by molar-refractivity contribution is 5.99. The van der Waals surface area contributed by atoms with Crippen LogP contribution in [-0.2, 0) is 6.18 Å². The molecule has 0 atom stereocenters. The number of unbranched alkanes of at least 4 members (excludes halogenated alkanes) is 1. The molecule has 0 aliphatic carbocycles. The standard InChI is InChI=1S/C20H21F3N4O3/c1-4-5-8-24-19(28)13-11-25-27-17(20(21,22)23)10-14(26-18(13)27)12-6-7-15(29-2)16(9-12)30-3/h6-7,9-11H,4-5,8H2,1-3H3,(H,24,28). The van der Waals surface area contributed by atoms with Crippen LogP contribution in [0, 0.1) is 0 Å². The molecule has 0 spiro atoms. The van der Waals surface area contributed by atoms with Crippen molar-refractivity contribution in [2.75, 3.05) is 20.8 Å². The van der Waals surface area contributed by atoms with Gasteiger partial charge in [0.25, 0.3) is 5.91 Å². The molecule has 1 amide bonds. The van der Waals surface area contributed by atoms with Gasteiger partial charge in [0, 0.05) is 12.1 Å². The van der Waals surface area contributed by atoms with E-state index in [4.69, 9.17) is 9.47 Å². The lowest BCUT2D eigenvalue weighted by Gasteiger charge is -2.13. The minimum atomic E-state index is -4.70. The zero-order valence-corrected chi connectivity index (χ0v) is 16.7. The summed E-state index contributed by atoms with van der Waals surface area (Å²) >= 11 is 0. The summed E-state index contributed by atoms with van der Waals surface area (Å²) in [6.45, 7) is 2.38. The normalized spacial score (nSPS) is 11.5. The Morgan fingerprint density at radius 1 is 1.17 bits per heavy atom. The lowest BCUT2D eigenvalue weighted by molar-refractivity contribution is -0.142. The molecule has 0 aliphatic rings. The second kappa shape index (κ2) is 8.60. The molecule has 0 radical (unpaired) electrons. The van der Waals surface area contributed by atoms with Gasteiger partial charge in [-0.2, -0.15) is 18.3 Å². The van der Waals surface area contributed by atoms with Crippen molar-refractivity contribution < 1.29 is 27.4 Å². The minimum absolute atomic E-state index is 0.0267. The number of nitrogens with one attached hydrogen (secondary N) is 1. The second-order valence-corrected chi connectivity index (χ2v) is 6.50. The Balaban J connectivity index is 2.16. The lowest BCUT2D eigenvalue weighted by Crippen LogP contribution is -2.24. The van der Waals surface area contributed by atoms with Crippen LogP contribution in [0.4, 0.5) is 13.2 Å². The van der Waals surface area contributed by atoms with Gasteiger partial charge in [-0.25, -0.2) is 9.50 Å². The fourth-order valence-electron chi connectivity index (χ4n) is 2.94. The maximum absolute atomic E-state index is 13.7. The highest BCUT2D eigenvalue weighted by atomic mass is 19.4. The van der Waals surface area contributed by atoms with Crippen molar-refractivity contribution in [1.82, 2.24) is 19.9 Å². The Morgan fingerprint density at radius 2 is 1.90 bits per heavy atom. The number of nitrogens with zero attached hydrogens (tertiary/aromatic N) is 3. The average molecular weight is 422 g/mol. The smallest absolute Gasteiger partial charge is 0.433 e. The maximum Gasteiger partial charge on any atom is 0.433 e. The number of ether oxygens (including phenoxy) is 2. The van der Waals surface area contributed by atoms with Gasteiger partial charge < -0.3 is 14.8 Å². The highest BCUT2D eigenvalue weighted by Gasteiger charge is 2.36. The van der Waals surface area contributed by atoms with Crippen molar-refractivity contribution in [3.63, 3.8) is 0 Å². The van der Waals surface area contributed by atoms with E-state index < -0.39 is 17.8 Å². The third-order valence-corrected chi connectivity index (χ3v) is 4.50. The van der Waals surface area contributed by atoms with Gasteiger partial charge in [-0.05, 0) is 30.7 Å². The molecule has 7 nitrogen and oxygen atoms in total. The molecule has 0 saturated carbocycles. The number of hydrogen-bond acceptors (Lipinski definition) is 5. The minimum Gasteiger partial charge on any atom is -0.493 e. The number of amides is 1. The van der Waals surface area contributed by atoms with E-state index in [-0.39, 0.29) is 16.9 Å². The predicted octanol–water partition coefficient (Wildman–Crippen LogP) is 3.96. The molecular formula is C20H21F3N4O3. The van der Waals surface area contributed by atoms with E-state index in [0.29, 0.717) is 28.1 Å². The van der Waals surface area contributed by atoms with Crippen LogP contribution < -0.4 is 14.8 Å². The molecule has 0 bridgehead atoms. The van der Waals surface area contributed by atoms with E-state index >= 15 is 0 Å². The van der Waals surface area contributed by atoms with E-state index in [1.54, 1.807) is 12.1 Å². The molecule has 2 heterocycles. The molecule has 3 aromatic rings. The Kier molecular flexibility index (Phi) is 6.14. The van der Waals surface area contributed by atoms with Crippen LogP contribution >= 0.6 is 0 Å². The number of benzene rings is 1. The zero-order valence-electron chi connectivity index (χ0n) is 16.7.